The first-order valence-electron chi connectivity index (χ1n) is 9.60. The molecule has 30 heavy (non-hydrogen) atoms. The molecule has 0 radical (unpaired) electrons. The van der Waals surface area contributed by atoms with Gasteiger partial charge in [-0.05, 0) is 0 Å². The van der Waals surface area contributed by atoms with Crippen LogP contribution >= 0.6 is 0 Å². The Bertz CT molecular complexity index is 802. The quantitative estimate of drug-likeness (QED) is 0.383. The van der Waals surface area contributed by atoms with E-state index in [1.807, 2.05) is 60.7 Å². The van der Waals surface area contributed by atoms with Crippen molar-refractivity contribution in [2.45, 2.75) is 30.2 Å². The van der Waals surface area contributed by atoms with Gasteiger partial charge < -0.3 is 0 Å². The summed E-state index contributed by atoms with van der Waals surface area (Å²) >= 11 is 0.0694. The molecule has 1 atom stereocenters. The van der Waals surface area contributed by atoms with Crippen LogP contribution in [0, 0.1) is 0 Å². The Morgan fingerprint density at radius 3 is 2.20 bits per heavy atom. The van der Waals surface area contributed by atoms with Crippen molar-refractivity contribution in [3.63, 3.8) is 0 Å². The molecule has 2 rings (SSSR count). The molecule has 0 fully saturated rings. The molecule has 0 unspecified atom stereocenters. The Labute approximate surface area is 182 Å². The number of esters is 1. The number of nitrogens with one attached hydrogen (secondary N) is 2. The SMILES string of the molecule is CCOC(=O)CNC(=O)[C@@H](C[Se]Cc1ccccc1)NC(=O)OCc1ccccc1. The second kappa shape index (κ2) is 13.4. The molecule has 0 spiro atoms. The van der Waals surface area contributed by atoms with E-state index in [4.69, 9.17) is 9.47 Å². The number of hydrogen-bond donors (Lipinski definition) is 2. The zero-order valence-corrected chi connectivity index (χ0v) is 18.5. The van der Waals surface area contributed by atoms with Gasteiger partial charge in [-0.1, -0.05) is 0 Å². The molecular formula is C22H26N2O5Se. The number of carbonyl (C=O) groups is 3. The van der Waals surface area contributed by atoms with Gasteiger partial charge in [0.2, 0.25) is 0 Å². The fourth-order valence-corrected chi connectivity index (χ4v) is 4.59. The minimum atomic E-state index is -0.786. The van der Waals surface area contributed by atoms with Crippen LogP contribution in [-0.4, -0.2) is 52.1 Å². The van der Waals surface area contributed by atoms with Crippen LogP contribution in [0.5, 0.6) is 0 Å². The van der Waals surface area contributed by atoms with Gasteiger partial charge in [0.05, 0.1) is 0 Å². The number of alkyl carbamates (subject to hydrolysis) is 1. The predicted molar refractivity (Wildman–Crippen MR) is 114 cm³/mol. The van der Waals surface area contributed by atoms with Crippen molar-refractivity contribution < 1.29 is 23.9 Å². The molecule has 0 aliphatic heterocycles. The van der Waals surface area contributed by atoms with E-state index >= 15 is 0 Å². The molecule has 0 saturated carbocycles. The summed E-state index contributed by atoms with van der Waals surface area (Å²) in [5, 5.41) is 6.44. The molecule has 0 bridgehead atoms. The number of rotatable bonds is 11. The number of amides is 2. The van der Waals surface area contributed by atoms with Crippen LogP contribution in [0.3, 0.4) is 0 Å². The zero-order chi connectivity index (χ0) is 21.6. The summed E-state index contributed by atoms with van der Waals surface area (Å²) in [4.78, 5) is 36.2. The summed E-state index contributed by atoms with van der Waals surface area (Å²) in [6.45, 7) is 1.80. The van der Waals surface area contributed by atoms with Crippen LogP contribution in [0.4, 0.5) is 4.79 Å². The van der Waals surface area contributed by atoms with E-state index in [9.17, 15) is 14.4 Å². The van der Waals surface area contributed by atoms with Crippen LogP contribution in [0.2, 0.25) is 5.32 Å². The molecule has 2 aromatic rings. The molecular weight excluding hydrogens is 451 g/mol. The maximum absolute atomic E-state index is 12.5. The number of carbonyl (C=O) groups excluding carboxylic acids is 3. The third-order valence-electron chi connectivity index (χ3n) is 3.93. The number of benzene rings is 2. The normalized spacial score (nSPS) is 11.2. The summed E-state index contributed by atoms with van der Waals surface area (Å²) in [7, 11) is 0. The molecule has 2 amide bonds. The second-order valence-corrected chi connectivity index (χ2v) is 8.44. The van der Waals surface area contributed by atoms with E-state index in [0.717, 1.165) is 10.9 Å². The average molecular weight is 477 g/mol. The monoisotopic (exact) mass is 478 g/mol. The first-order chi connectivity index (χ1) is 14.6. The molecule has 0 heterocycles. The van der Waals surface area contributed by atoms with E-state index in [1.165, 1.54) is 5.56 Å². The van der Waals surface area contributed by atoms with Gasteiger partial charge in [0.1, 0.15) is 0 Å². The first-order valence-corrected chi connectivity index (χ1v) is 12.0. The van der Waals surface area contributed by atoms with Crippen molar-refractivity contribution in [3.05, 3.63) is 71.8 Å². The first kappa shape index (κ1) is 23.4. The van der Waals surface area contributed by atoms with Crippen molar-refractivity contribution in [2.75, 3.05) is 13.2 Å². The predicted octanol–water partition coefficient (Wildman–Crippen LogP) is 2.28. The minimum absolute atomic E-state index is 0.0694. The van der Waals surface area contributed by atoms with E-state index < -0.39 is 24.0 Å². The van der Waals surface area contributed by atoms with Crippen LogP contribution in [-0.2, 0) is 31.0 Å². The van der Waals surface area contributed by atoms with Crippen molar-refractivity contribution in [1.82, 2.24) is 10.6 Å². The van der Waals surface area contributed by atoms with Gasteiger partial charge in [-0.15, -0.1) is 0 Å². The third kappa shape index (κ3) is 9.11. The van der Waals surface area contributed by atoms with Crippen molar-refractivity contribution in [1.29, 1.82) is 0 Å². The molecule has 2 aromatic carbocycles. The van der Waals surface area contributed by atoms with Gasteiger partial charge in [0.25, 0.3) is 0 Å². The summed E-state index contributed by atoms with van der Waals surface area (Å²) in [6, 6.07) is 18.4. The zero-order valence-electron chi connectivity index (χ0n) is 16.8. The third-order valence-corrected chi connectivity index (χ3v) is 6.25. The molecule has 0 saturated heterocycles. The molecule has 0 aliphatic rings. The molecule has 0 aromatic heterocycles. The average Bonchev–Trinajstić information content (AvgIpc) is 2.77. The van der Waals surface area contributed by atoms with Gasteiger partial charge in [-0.2, -0.15) is 0 Å². The summed E-state index contributed by atoms with van der Waals surface area (Å²) in [5.74, 6) is -0.958. The molecule has 7 nitrogen and oxygen atoms in total. The van der Waals surface area contributed by atoms with Gasteiger partial charge in [-0.25, -0.2) is 0 Å². The van der Waals surface area contributed by atoms with Crippen molar-refractivity contribution in [2.24, 2.45) is 0 Å². The van der Waals surface area contributed by atoms with Crippen molar-refractivity contribution in [3.8, 4) is 0 Å². The molecule has 8 heteroatoms. The standard InChI is InChI=1S/C22H26N2O5Se/c1-2-28-20(25)13-23-21(26)19(16-30-15-18-11-7-4-8-12-18)24-22(27)29-14-17-9-5-3-6-10-17/h3-12,19H,2,13-16H2,1H3,(H,23,26)(H,24,27)/t19-/m1/s1. The molecule has 2 N–H and O–H groups in total. The number of hydrogen-bond acceptors (Lipinski definition) is 5. The fourth-order valence-electron chi connectivity index (χ4n) is 2.45. The fraction of sp³-hybridized carbons (Fsp3) is 0.318. The summed E-state index contributed by atoms with van der Waals surface area (Å²) in [5.41, 5.74) is 2.03. The Morgan fingerprint density at radius 2 is 1.57 bits per heavy atom. The summed E-state index contributed by atoms with van der Waals surface area (Å²) < 4.78 is 10.0. The van der Waals surface area contributed by atoms with Crippen molar-refractivity contribution >= 4 is 32.9 Å². The Hall–Kier alpha value is -2.83. The topological polar surface area (TPSA) is 93.7 Å². The van der Waals surface area contributed by atoms with E-state index in [0.29, 0.717) is 5.32 Å². The van der Waals surface area contributed by atoms with Gasteiger partial charge in [-0.3, -0.25) is 0 Å². The second-order valence-electron chi connectivity index (χ2n) is 6.28. The van der Waals surface area contributed by atoms with Gasteiger partial charge in [0.15, 0.2) is 0 Å². The summed E-state index contributed by atoms with van der Waals surface area (Å²) in [6.07, 6.45) is -0.675. The van der Waals surface area contributed by atoms with E-state index in [2.05, 4.69) is 10.6 Å². The van der Waals surface area contributed by atoms with Gasteiger partial charge >= 0.3 is 183 Å². The van der Waals surface area contributed by atoms with Gasteiger partial charge in [0, 0.05) is 0 Å². The van der Waals surface area contributed by atoms with Crippen LogP contribution < -0.4 is 10.6 Å². The maximum atomic E-state index is 12.5. The Morgan fingerprint density at radius 1 is 0.933 bits per heavy atom. The Kier molecular flexibility index (Phi) is 10.5. The van der Waals surface area contributed by atoms with Crippen LogP contribution in [0.25, 0.3) is 0 Å². The van der Waals surface area contributed by atoms with E-state index in [1.54, 1.807) is 6.92 Å². The molecule has 0 aliphatic carbocycles. The van der Waals surface area contributed by atoms with Crippen LogP contribution in [0.1, 0.15) is 18.1 Å². The molecule has 160 valence electrons. The van der Waals surface area contributed by atoms with Crippen LogP contribution in [0.15, 0.2) is 60.7 Å². The van der Waals surface area contributed by atoms with E-state index in [-0.39, 0.29) is 34.7 Å². The number of ether oxygens (including phenoxy) is 2. The Balaban J connectivity index is 1.88.